The van der Waals surface area contributed by atoms with E-state index in [0.717, 1.165) is 5.76 Å². The number of pyridine rings is 1. The van der Waals surface area contributed by atoms with Crippen LogP contribution in [0.1, 0.15) is 5.76 Å². The van der Waals surface area contributed by atoms with Gasteiger partial charge in [-0.15, -0.1) is 0 Å². The fourth-order valence-corrected chi connectivity index (χ4v) is 1.69. The molecule has 0 fully saturated rings. The Kier molecular flexibility index (Phi) is 2.04. The predicted molar refractivity (Wildman–Crippen MR) is 64.2 cm³/mol. The van der Waals surface area contributed by atoms with Gasteiger partial charge < -0.3 is 10.2 Å². The van der Waals surface area contributed by atoms with Crippen molar-refractivity contribution < 1.29 is 4.42 Å². The lowest BCUT2D eigenvalue weighted by molar-refractivity contribution is 0.546. The van der Waals surface area contributed by atoms with E-state index in [1.54, 1.807) is 12.4 Å². The molecule has 0 aromatic carbocycles. The Labute approximate surface area is 97.3 Å². The van der Waals surface area contributed by atoms with E-state index in [0.29, 0.717) is 28.3 Å². The van der Waals surface area contributed by atoms with Crippen LogP contribution in [-0.2, 0) is 0 Å². The molecule has 0 unspecified atom stereocenters. The van der Waals surface area contributed by atoms with E-state index >= 15 is 0 Å². The molecule has 3 rings (SSSR count). The summed E-state index contributed by atoms with van der Waals surface area (Å²) in [6.07, 6.45) is 3.22. The van der Waals surface area contributed by atoms with E-state index < -0.39 is 0 Å². The quantitative estimate of drug-likeness (QED) is 0.688. The summed E-state index contributed by atoms with van der Waals surface area (Å²) in [5.74, 6) is 1.88. The zero-order valence-corrected chi connectivity index (χ0v) is 9.21. The lowest BCUT2D eigenvalue weighted by Gasteiger charge is -2.02. The smallest absolute Gasteiger partial charge is 0.152 e. The summed E-state index contributed by atoms with van der Waals surface area (Å²) in [5.41, 5.74) is 7.84. The summed E-state index contributed by atoms with van der Waals surface area (Å²) in [6, 6.07) is 5.56. The lowest BCUT2D eigenvalue weighted by atomic mass is 10.2. The molecule has 0 amide bonds. The van der Waals surface area contributed by atoms with E-state index in [1.165, 1.54) is 0 Å². The second-order valence-electron chi connectivity index (χ2n) is 3.73. The van der Waals surface area contributed by atoms with Gasteiger partial charge in [-0.25, -0.2) is 9.97 Å². The summed E-state index contributed by atoms with van der Waals surface area (Å²) < 4.78 is 5.51. The largest absolute Gasteiger partial charge is 0.460 e. The number of hydrogen-bond acceptors (Lipinski definition) is 5. The Morgan fingerprint density at radius 2 is 2.00 bits per heavy atom. The third kappa shape index (κ3) is 1.61. The van der Waals surface area contributed by atoms with Crippen molar-refractivity contribution >= 4 is 16.9 Å². The van der Waals surface area contributed by atoms with Crippen LogP contribution in [0.15, 0.2) is 35.0 Å². The highest BCUT2D eigenvalue weighted by molar-refractivity contribution is 5.86. The molecule has 0 saturated carbocycles. The number of nitrogens with zero attached hydrogens (tertiary/aromatic N) is 3. The van der Waals surface area contributed by atoms with E-state index in [4.69, 9.17) is 10.2 Å². The highest BCUT2D eigenvalue weighted by atomic mass is 16.3. The maximum absolute atomic E-state index is 5.85. The molecule has 2 N–H and O–H groups in total. The number of hydrogen-bond donors (Lipinski definition) is 1. The topological polar surface area (TPSA) is 77.8 Å². The van der Waals surface area contributed by atoms with E-state index in [1.807, 2.05) is 25.1 Å². The number of furan rings is 1. The fourth-order valence-electron chi connectivity index (χ4n) is 1.69. The van der Waals surface area contributed by atoms with Crippen molar-refractivity contribution in [3.63, 3.8) is 0 Å². The van der Waals surface area contributed by atoms with Crippen LogP contribution in [0.4, 0.5) is 5.82 Å². The van der Waals surface area contributed by atoms with Crippen LogP contribution in [0.25, 0.3) is 22.5 Å². The number of aryl methyl sites for hydroxylation is 1. The van der Waals surface area contributed by atoms with Gasteiger partial charge in [-0.3, -0.25) is 4.98 Å². The average Bonchev–Trinajstić information content (AvgIpc) is 2.76. The van der Waals surface area contributed by atoms with Crippen LogP contribution in [0.5, 0.6) is 0 Å². The van der Waals surface area contributed by atoms with Crippen molar-refractivity contribution in [2.45, 2.75) is 6.92 Å². The van der Waals surface area contributed by atoms with Crippen molar-refractivity contribution in [1.29, 1.82) is 0 Å². The van der Waals surface area contributed by atoms with E-state index in [-0.39, 0.29) is 0 Å². The molecule has 84 valence electrons. The van der Waals surface area contributed by atoms with Crippen LogP contribution in [-0.4, -0.2) is 15.0 Å². The minimum atomic E-state index is 0.361. The molecule has 0 bridgehead atoms. The number of nitrogens with two attached hydrogens (primary N) is 1. The predicted octanol–water partition coefficient (Wildman–Crippen LogP) is 2.18. The monoisotopic (exact) mass is 226 g/mol. The summed E-state index contributed by atoms with van der Waals surface area (Å²) in [4.78, 5) is 12.6. The average molecular weight is 226 g/mol. The van der Waals surface area contributed by atoms with Crippen LogP contribution in [0, 0.1) is 6.92 Å². The third-order valence-corrected chi connectivity index (χ3v) is 2.48. The molecular weight excluding hydrogens is 216 g/mol. The number of rotatable bonds is 1. The standard InChI is InChI=1S/C12H10N4O/c1-7-2-3-10(17-7)8-6-9-11(12(13)16-8)15-5-4-14-9/h2-6H,1H3,(H2,13,16). The Bertz CT molecular complexity index is 690. The minimum Gasteiger partial charge on any atom is -0.460 e. The maximum atomic E-state index is 5.85. The van der Waals surface area contributed by atoms with Crippen LogP contribution in [0.2, 0.25) is 0 Å². The lowest BCUT2D eigenvalue weighted by Crippen LogP contribution is -1.96. The van der Waals surface area contributed by atoms with Crippen LogP contribution < -0.4 is 5.73 Å². The summed E-state index contributed by atoms with van der Waals surface area (Å²) >= 11 is 0. The first kappa shape index (κ1) is 9.77. The molecule has 17 heavy (non-hydrogen) atoms. The van der Waals surface area contributed by atoms with Gasteiger partial charge in [-0.2, -0.15) is 0 Å². The van der Waals surface area contributed by atoms with Gasteiger partial charge in [0.05, 0.1) is 5.52 Å². The first-order chi connectivity index (χ1) is 8.24. The number of aromatic nitrogens is 3. The van der Waals surface area contributed by atoms with Gasteiger partial charge in [0.25, 0.3) is 0 Å². The van der Waals surface area contributed by atoms with Crippen molar-refractivity contribution in [3.8, 4) is 11.5 Å². The minimum absolute atomic E-state index is 0.361. The molecule has 0 aliphatic heterocycles. The first-order valence-electron chi connectivity index (χ1n) is 5.18. The SMILES string of the molecule is Cc1ccc(-c2cc3nccnc3c(N)n2)o1. The van der Waals surface area contributed by atoms with Gasteiger partial charge >= 0.3 is 0 Å². The summed E-state index contributed by atoms with van der Waals surface area (Å²) in [7, 11) is 0. The van der Waals surface area contributed by atoms with Crippen LogP contribution >= 0.6 is 0 Å². The normalized spacial score (nSPS) is 10.9. The van der Waals surface area contributed by atoms with E-state index in [9.17, 15) is 0 Å². The molecular formula is C12H10N4O. The van der Waals surface area contributed by atoms with Gasteiger partial charge in [0.1, 0.15) is 17.0 Å². The van der Waals surface area contributed by atoms with Gasteiger partial charge in [0.2, 0.25) is 0 Å². The number of fused-ring (bicyclic) bond motifs is 1. The Hall–Kier alpha value is -2.43. The number of nitrogen functional groups attached to an aromatic ring is 1. The molecule has 5 heteroatoms. The molecule has 0 atom stereocenters. The summed E-state index contributed by atoms with van der Waals surface area (Å²) in [6.45, 7) is 1.88. The van der Waals surface area contributed by atoms with E-state index in [2.05, 4.69) is 15.0 Å². The van der Waals surface area contributed by atoms with Crippen LogP contribution in [0.3, 0.4) is 0 Å². The molecule has 0 saturated heterocycles. The first-order valence-corrected chi connectivity index (χ1v) is 5.18. The second-order valence-corrected chi connectivity index (χ2v) is 3.73. The molecule has 0 spiro atoms. The molecule has 0 aliphatic rings. The Morgan fingerprint density at radius 3 is 2.76 bits per heavy atom. The summed E-state index contributed by atoms with van der Waals surface area (Å²) in [5, 5.41) is 0. The highest BCUT2D eigenvalue weighted by Gasteiger charge is 2.09. The fraction of sp³-hybridized carbons (Fsp3) is 0.0833. The van der Waals surface area contributed by atoms with Gasteiger partial charge in [-0.05, 0) is 25.1 Å². The third-order valence-electron chi connectivity index (χ3n) is 2.48. The molecule has 3 heterocycles. The molecule has 3 aromatic rings. The maximum Gasteiger partial charge on any atom is 0.152 e. The molecule has 5 nitrogen and oxygen atoms in total. The molecule has 0 radical (unpaired) electrons. The Morgan fingerprint density at radius 1 is 1.18 bits per heavy atom. The van der Waals surface area contributed by atoms with Crippen molar-refractivity contribution in [2.75, 3.05) is 5.73 Å². The highest BCUT2D eigenvalue weighted by Crippen LogP contribution is 2.24. The molecule has 3 aromatic heterocycles. The zero-order valence-electron chi connectivity index (χ0n) is 9.21. The van der Waals surface area contributed by atoms with Crippen molar-refractivity contribution in [1.82, 2.24) is 15.0 Å². The van der Waals surface area contributed by atoms with Crippen molar-refractivity contribution in [3.05, 3.63) is 36.4 Å². The van der Waals surface area contributed by atoms with Gasteiger partial charge in [-0.1, -0.05) is 0 Å². The van der Waals surface area contributed by atoms with Gasteiger partial charge in [0.15, 0.2) is 11.6 Å². The van der Waals surface area contributed by atoms with Crippen molar-refractivity contribution in [2.24, 2.45) is 0 Å². The number of anilines is 1. The molecule has 0 aliphatic carbocycles. The second kappa shape index (κ2) is 3.55. The zero-order chi connectivity index (χ0) is 11.8. The van der Waals surface area contributed by atoms with Gasteiger partial charge in [0, 0.05) is 12.4 Å². The Balaban J connectivity index is 2.25.